The van der Waals surface area contributed by atoms with Gasteiger partial charge in [-0.1, -0.05) is 35.3 Å². The van der Waals surface area contributed by atoms with E-state index in [1.54, 1.807) is 0 Å². The Morgan fingerprint density at radius 2 is 1.04 bits per heavy atom. The maximum absolute atomic E-state index is 11.8. The van der Waals surface area contributed by atoms with E-state index in [0.717, 1.165) is 35.3 Å². The molecule has 2 aliphatic heterocycles. The Balaban J connectivity index is 0.00000288. The SMILES string of the molecule is COC(=O)C1=C([S-])SC(=C2SC(C(=O)OC)=C(C(=O)OC)S2)S1.[Cs+]. The number of ether oxygens (including phenoxy) is 3. The molecule has 2 heterocycles. The van der Waals surface area contributed by atoms with Gasteiger partial charge in [-0.3, -0.25) is 0 Å². The zero-order valence-corrected chi connectivity index (χ0v) is 23.4. The van der Waals surface area contributed by atoms with Crippen molar-refractivity contribution in [3.63, 3.8) is 0 Å². The molecule has 0 aromatic heterocycles. The minimum atomic E-state index is -0.619. The molecular formula is C12H9CsO6S5. The molecule has 124 valence electrons. The summed E-state index contributed by atoms with van der Waals surface area (Å²) >= 11 is 9.73. The minimum Gasteiger partial charge on any atom is -0.771 e. The monoisotopic (exact) mass is 542 g/mol. The molecule has 24 heavy (non-hydrogen) atoms. The first-order chi connectivity index (χ1) is 10.9. The van der Waals surface area contributed by atoms with E-state index in [1.807, 2.05) is 0 Å². The number of thioether (sulfide) groups is 4. The second-order valence-electron chi connectivity index (χ2n) is 3.73. The number of hydrogen-bond acceptors (Lipinski definition) is 11. The van der Waals surface area contributed by atoms with Crippen LogP contribution >= 0.6 is 47.0 Å². The maximum atomic E-state index is 11.8. The summed E-state index contributed by atoms with van der Waals surface area (Å²) in [5, 5.41) is 0. The van der Waals surface area contributed by atoms with E-state index in [4.69, 9.17) is 12.6 Å². The predicted octanol–water partition coefficient (Wildman–Crippen LogP) is -0.476. The fourth-order valence-electron chi connectivity index (χ4n) is 1.42. The molecule has 0 spiro atoms. The van der Waals surface area contributed by atoms with Gasteiger partial charge in [-0.25, -0.2) is 14.4 Å². The van der Waals surface area contributed by atoms with E-state index in [-0.39, 0.29) is 78.7 Å². The third-order valence-electron chi connectivity index (χ3n) is 2.44. The minimum absolute atomic E-state index is 0. The van der Waals surface area contributed by atoms with Crippen LogP contribution in [0.3, 0.4) is 0 Å². The van der Waals surface area contributed by atoms with Crippen molar-refractivity contribution in [2.75, 3.05) is 21.3 Å². The van der Waals surface area contributed by atoms with E-state index in [2.05, 4.69) is 14.2 Å². The van der Waals surface area contributed by atoms with Crippen LogP contribution in [0.25, 0.3) is 0 Å². The zero-order chi connectivity index (χ0) is 17.1. The van der Waals surface area contributed by atoms with Crippen molar-refractivity contribution in [3.8, 4) is 0 Å². The van der Waals surface area contributed by atoms with E-state index >= 15 is 0 Å². The van der Waals surface area contributed by atoms with Crippen molar-refractivity contribution in [1.29, 1.82) is 0 Å². The van der Waals surface area contributed by atoms with Gasteiger partial charge in [-0.15, -0.1) is 16.0 Å². The number of methoxy groups -OCH3 is 3. The molecule has 0 aromatic rings. The van der Waals surface area contributed by atoms with Gasteiger partial charge in [0.05, 0.1) is 34.7 Å². The first-order valence-electron chi connectivity index (χ1n) is 5.79. The smallest absolute Gasteiger partial charge is 0.771 e. The number of rotatable bonds is 3. The van der Waals surface area contributed by atoms with Gasteiger partial charge in [0.25, 0.3) is 0 Å². The molecule has 0 saturated heterocycles. The topological polar surface area (TPSA) is 78.9 Å². The molecule has 0 N–H and O–H groups in total. The third-order valence-corrected chi connectivity index (χ3v) is 8.47. The Kier molecular flexibility index (Phi) is 10.3. The van der Waals surface area contributed by atoms with Gasteiger partial charge >= 0.3 is 86.8 Å². The van der Waals surface area contributed by atoms with Gasteiger partial charge in [0, 0.05) is 0 Å². The number of carbonyl (C=O) groups excluding carboxylic acids is 3. The molecule has 0 fully saturated rings. The predicted molar refractivity (Wildman–Crippen MR) is 94.9 cm³/mol. The van der Waals surface area contributed by atoms with Gasteiger partial charge in [-0.2, -0.15) is 0 Å². The molecule has 0 radical (unpaired) electrons. The second-order valence-corrected chi connectivity index (χ2v) is 9.00. The van der Waals surface area contributed by atoms with Gasteiger partial charge in [-0.05, 0) is 0 Å². The number of carbonyl (C=O) groups is 3. The van der Waals surface area contributed by atoms with Crippen molar-refractivity contribution in [2.24, 2.45) is 0 Å². The largest absolute Gasteiger partial charge is 1.00 e. The Morgan fingerprint density at radius 1 is 0.708 bits per heavy atom. The van der Waals surface area contributed by atoms with Gasteiger partial charge < -0.3 is 26.8 Å². The number of hydrogen-bond donors (Lipinski definition) is 0. The van der Waals surface area contributed by atoms with Crippen molar-refractivity contribution >= 4 is 77.6 Å². The fourth-order valence-corrected chi connectivity index (χ4v) is 7.04. The van der Waals surface area contributed by atoms with Crippen molar-refractivity contribution in [1.82, 2.24) is 0 Å². The van der Waals surface area contributed by atoms with E-state index in [0.29, 0.717) is 17.6 Å². The molecule has 2 aliphatic rings. The average molecular weight is 542 g/mol. The van der Waals surface area contributed by atoms with Crippen LogP contribution < -0.4 is 68.9 Å². The zero-order valence-electron chi connectivity index (χ0n) is 13.0. The molecule has 0 aromatic carbocycles. The molecule has 0 bridgehead atoms. The van der Waals surface area contributed by atoms with Gasteiger partial charge in [0.1, 0.15) is 9.81 Å². The normalized spacial score (nSPS) is 17.0. The Labute approximate surface area is 219 Å². The van der Waals surface area contributed by atoms with E-state index in [1.165, 1.54) is 33.1 Å². The first-order valence-corrected chi connectivity index (χ1v) is 9.46. The summed E-state index contributed by atoms with van der Waals surface area (Å²) in [6.45, 7) is 0. The summed E-state index contributed by atoms with van der Waals surface area (Å²) < 4.78 is 15.8. The van der Waals surface area contributed by atoms with Crippen LogP contribution in [0.4, 0.5) is 0 Å². The van der Waals surface area contributed by atoms with Gasteiger partial charge in [0.15, 0.2) is 0 Å². The summed E-state index contributed by atoms with van der Waals surface area (Å²) in [4.78, 5) is 35.9. The second kappa shape index (κ2) is 10.6. The van der Waals surface area contributed by atoms with Crippen molar-refractivity contribution in [2.45, 2.75) is 0 Å². The van der Waals surface area contributed by atoms with Crippen LogP contribution in [-0.4, -0.2) is 39.2 Å². The molecule has 0 atom stereocenters. The number of esters is 3. The molecule has 0 unspecified atom stereocenters. The Hall–Kier alpha value is 1.30. The molecule has 6 nitrogen and oxygen atoms in total. The van der Waals surface area contributed by atoms with Crippen molar-refractivity contribution in [3.05, 3.63) is 27.4 Å². The maximum Gasteiger partial charge on any atom is 1.00 e. The quantitative estimate of drug-likeness (QED) is 0.264. The standard InChI is InChI=1S/C12H10O6S5.Cs/c1-16-7(13)4-5(8(14)17-2)21-11(20-4)12-22-6(9(15)18-3)10(19)23-12;/h19H,1-3H3;/q;+1/p-1. The molecule has 0 amide bonds. The van der Waals surface area contributed by atoms with Crippen LogP contribution in [0.5, 0.6) is 0 Å². The molecule has 12 heteroatoms. The van der Waals surface area contributed by atoms with E-state index in [9.17, 15) is 14.4 Å². The van der Waals surface area contributed by atoms with Crippen LogP contribution in [0.1, 0.15) is 0 Å². The summed E-state index contributed by atoms with van der Waals surface area (Å²) in [6.07, 6.45) is 0. The third kappa shape index (κ3) is 5.18. The van der Waals surface area contributed by atoms with Crippen LogP contribution in [0.15, 0.2) is 27.4 Å². The summed E-state index contributed by atoms with van der Waals surface area (Å²) in [5.41, 5.74) is 0. The molecule has 0 saturated carbocycles. The summed E-state index contributed by atoms with van der Waals surface area (Å²) in [7, 11) is 3.75. The molecule has 0 aliphatic carbocycles. The average Bonchev–Trinajstić information content (AvgIpc) is 3.16. The van der Waals surface area contributed by atoms with Crippen LogP contribution in [0, 0.1) is 0 Å². The molecule has 2 rings (SSSR count). The van der Waals surface area contributed by atoms with Crippen molar-refractivity contribution < 1.29 is 97.5 Å². The van der Waals surface area contributed by atoms with Gasteiger partial charge in [0.2, 0.25) is 0 Å². The molecular weight excluding hydrogens is 533 g/mol. The van der Waals surface area contributed by atoms with Crippen LogP contribution in [-0.2, 0) is 41.2 Å². The van der Waals surface area contributed by atoms with Crippen LogP contribution in [0.2, 0.25) is 0 Å². The first kappa shape index (κ1) is 23.3. The van der Waals surface area contributed by atoms with E-state index < -0.39 is 17.9 Å². The summed E-state index contributed by atoms with van der Waals surface area (Å²) in [6, 6.07) is 0. The Morgan fingerprint density at radius 3 is 1.46 bits per heavy atom. The fraction of sp³-hybridized carbons (Fsp3) is 0.250. The Bertz CT molecular complexity index is 653. The summed E-state index contributed by atoms with van der Waals surface area (Å²) in [5.74, 6) is -1.75.